The van der Waals surface area contributed by atoms with Crippen LogP contribution in [0.1, 0.15) is 17.4 Å². The maximum absolute atomic E-state index is 11.8. The maximum Gasteiger partial charge on any atom is 0.354 e. The van der Waals surface area contributed by atoms with Crippen molar-refractivity contribution in [3.63, 3.8) is 0 Å². The monoisotopic (exact) mass is 299 g/mol. The van der Waals surface area contributed by atoms with E-state index in [4.69, 9.17) is 16.3 Å². The van der Waals surface area contributed by atoms with Crippen molar-refractivity contribution in [3.05, 3.63) is 59.2 Å². The molecule has 3 aromatic rings. The van der Waals surface area contributed by atoms with E-state index in [1.165, 1.54) is 0 Å². The lowest BCUT2D eigenvalue weighted by molar-refractivity contribution is 0.0520. The standard InChI is InChI=1S/C17H14ClNO2/c1-2-21-17(20)15-10-12-6-4-8-14(16(12)19-15)11-5-3-7-13(18)9-11/h3-10,19H,2H2,1H3. The van der Waals surface area contributed by atoms with Crippen LogP contribution in [-0.2, 0) is 4.74 Å². The van der Waals surface area contributed by atoms with Gasteiger partial charge in [0.15, 0.2) is 0 Å². The number of H-pyrrole nitrogens is 1. The molecule has 0 fully saturated rings. The second-order valence-corrected chi connectivity index (χ2v) is 5.12. The van der Waals surface area contributed by atoms with Gasteiger partial charge in [-0.15, -0.1) is 0 Å². The maximum atomic E-state index is 11.8. The smallest absolute Gasteiger partial charge is 0.354 e. The van der Waals surface area contributed by atoms with Crippen LogP contribution in [0.25, 0.3) is 22.0 Å². The summed E-state index contributed by atoms with van der Waals surface area (Å²) in [6, 6.07) is 15.4. The van der Waals surface area contributed by atoms with E-state index in [2.05, 4.69) is 4.98 Å². The number of halogens is 1. The first-order valence-electron chi connectivity index (χ1n) is 6.74. The van der Waals surface area contributed by atoms with Crippen LogP contribution in [0.3, 0.4) is 0 Å². The number of rotatable bonds is 3. The minimum absolute atomic E-state index is 0.342. The zero-order valence-corrected chi connectivity index (χ0v) is 12.3. The first-order chi connectivity index (χ1) is 10.2. The van der Waals surface area contributed by atoms with Gasteiger partial charge in [-0.2, -0.15) is 0 Å². The summed E-state index contributed by atoms with van der Waals surface area (Å²) in [5, 5.41) is 1.65. The zero-order chi connectivity index (χ0) is 14.8. The van der Waals surface area contributed by atoms with Gasteiger partial charge in [-0.3, -0.25) is 0 Å². The molecule has 21 heavy (non-hydrogen) atoms. The molecule has 2 aromatic carbocycles. The number of nitrogens with one attached hydrogen (secondary N) is 1. The lowest BCUT2D eigenvalue weighted by Gasteiger charge is -2.04. The quantitative estimate of drug-likeness (QED) is 0.714. The number of carbonyl (C=O) groups is 1. The van der Waals surface area contributed by atoms with Crippen molar-refractivity contribution in [3.8, 4) is 11.1 Å². The van der Waals surface area contributed by atoms with Crippen LogP contribution < -0.4 is 0 Å². The van der Waals surface area contributed by atoms with Crippen LogP contribution in [0.15, 0.2) is 48.5 Å². The molecule has 4 heteroatoms. The normalized spacial score (nSPS) is 10.8. The fourth-order valence-corrected chi connectivity index (χ4v) is 2.56. The average molecular weight is 300 g/mol. The highest BCUT2D eigenvalue weighted by Gasteiger charge is 2.13. The number of para-hydroxylation sites is 1. The molecule has 0 bridgehead atoms. The van der Waals surface area contributed by atoms with Gasteiger partial charge in [-0.05, 0) is 30.7 Å². The Bertz CT molecular complexity index is 807. The summed E-state index contributed by atoms with van der Waals surface area (Å²) in [5.41, 5.74) is 3.38. The van der Waals surface area contributed by atoms with Gasteiger partial charge in [0, 0.05) is 16.0 Å². The van der Waals surface area contributed by atoms with E-state index in [1.807, 2.05) is 42.5 Å². The van der Waals surface area contributed by atoms with E-state index < -0.39 is 0 Å². The first kappa shape index (κ1) is 13.7. The molecule has 0 unspecified atom stereocenters. The predicted octanol–water partition coefficient (Wildman–Crippen LogP) is 4.67. The second-order valence-electron chi connectivity index (χ2n) is 4.68. The van der Waals surface area contributed by atoms with E-state index in [-0.39, 0.29) is 5.97 Å². The molecule has 0 saturated carbocycles. The summed E-state index contributed by atoms with van der Waals surface area (Å²) in [7, 11) is 0. The highest BCUT2D eigenvalue weighted by Crippen LogP contribution is 2.30. The molecule has 0 atom stereocenters. The third-order valence-electron chi connectivity index (χ3n) is 3.29. The fraction of sp³-hybridized carbons (Fsp3) is 0.118. The molecule has 3 nitrogen and oxygen atoms in total. The van der Waals surface area contributed by atoms with Crippen LogP contribution in [0.2, 0.25) is 5.02 Å². The molecule has 0 spiro atoms. The van der Waals surface area contributed by atoms with Gasteiger partial charge in [0.05, 0.1) is 12.1 Å². The molecule has 1 N–H and O–H groups in total. The van der Waals surface area contributed by atoms with E-state index in [9.17, 15) is 4.79 Å². The molecular weight excluding hydrogens is 286 g/mol. The number of ether oxygens (including phenoxy) is 1. The van der Waals surface area contributed by atoms with E-state index in [0.29, 0.717) is 17.3 Å². The van der Waals surface area contributed by atoms with Crippen molar-refractivity contribution >= 4 is 28.5 Å². The molecule has 0 aliphatic heterocycles. The molecule has 0 saturated heterocycles. The predicted molar refractivity (Wildman–Crippen MR) is 84.7 cm³/mol. The molecular formula is C17H14ClNO2. The van der Waals surface area contributed by atoms with Crippen LogP contribution in [-0.4, -0.2) is 17.6 Å². The Kier molecular flexibility index (Phi) is 3.67. The number of benzene rings is 2. The van der Waals surface area contributed by atoms with Crippen molar-refractivity contribution in [2.75, 3.05) is 6.61 Å². The molecule has 1 heterocycles. The lowest BCUT2D eigenvalue weighted by Crippen LogP contribution is -2.04. The van der Waals surface area contributed by atoms with Gasteiger partial charge < -0.3 is 9.72 Å². The highest BCUT2D eigenvalue weighted by molar-refractivity contribution is 6.30. The molecule has 0 aliphatic rings. The summed E-state index contributed by atoms with van der Waals surface area (Å²) in [5.74, 6) is -0.342. The first-order valence-corrected chi connectivity index (χ1v) is 7.11. The Labute approximate surface area is 127 Å². The van der Waals surface area contributed by atoms with Crippen molar-refractivity contribution < 1.29 is 9.53 Å². The van der Waals surface area contributed by atoms with E-state index >= 15 is 0 Å². The zero-order valence-electron chi connectivity index (χ0n) is 11.5. The van der Waals surface area contributed by atoms with Gasteiger partial charge in [0.1, 0.15) is 5.69 Å². The molecule has 3 rings (SSSR count). The van der Waals surface area contributed by atoms with Crippen LogP contribution in [0, 0.1) is 0 Å². The Morgan fingerprint density at radius 2 is 2.00 bits per heavy atom. The molecule has 106 valence electrons. The summed E-state index contributed by atoms with van der Waals surface area (Å²) in [6.07, 6.45) is 0. The van der Waals surface area contributed by atoms with Crippen molar-refractivity contribution in [2.24, 2.45) is 0 Å². The third-order valence-corrected chi connectivity index (χ3v) is 3.52. The molecule has 1 aromatic heterocycles. The fourth-order valence-electron chi connectivity index (χ4n) is 2.37. The Balaban J connectivity index is 2.14. The average Bonchev–Trinajstić information content (AvgIpc) is 2.91. The Hall–Kier alpha value is -2.26. The van der Waals surface area contributed by atoms with Crippen LogP contribution in [0.5, 0.6) is 0 Å². The number of hydrogen-bond acceptors (Lipinski definition) is 2. The summed E-state index contributed by atoms with van der Waals surface area (Å²) in [4.78, 5) is 15.0. The minimum atomic E-state index is -0.342. The van der Waals surface area contributed by atoms with Crippen molar-refractivity contribution in [1.82, 2.24) is 4.98 Å². The Morgan fingerprint density at radius 1 is 1.19 bits per heavy atom. The molecule has 0 amide bonds. The van der Waals surface area contributed by atoms with Gasteiger partial charge in [-0.1, -0.05) is 41.9 Å². The van der Waals surface area contributed by atoms with Crippen LogP contribution in [0.4, 0.5) is 0 Å². The highest BCUT2D eigenvalue weighted by atomic mass is 35.5. The van der Waals surface area contributed by atoms with Crippen molar-refractivity contribution in [2.45, 2.75) is 6.92 Å². The minimum Gasteiger partial charge on any atom is -0.461 e. The SMILES string of the molecule is CCOC(=O)c1cc2cccc(-c3cccc(Cl)c3)c2[nH]1. The van der Waals surface area contributed by atoms with Gasteiger partial charge in [0.25, 0.3) is 0 Å². The number of esters is 1. The summed E-state index contributed by atoms with van der Waals surface area (Å²) < 4.78 is 5.03. The van der Waals surface area contributed by atoms with E-state index in [0.717, 1.165) is 22.0 Å². The number of carbonyl (C=O) groups excluding carboxylic acids is 1. The number of fused-ring (bicyclic) bond motifs is 1. The molecule has 0 aliphatic carbocycles. The summed E-state index contributed by atoms with van der Waals surface area (Å²) in [6.45, 7) is 2.15. The topological polar surface area (TPSA) is 42.1 Å². The Morgan fingerprint density at radius 3 is 2.76 bits per heavy atom. The number of aromatic nitrogens is 1. The number of aromatic amines is 1. The third kappa shape index (κ3) is 2.65. The lowest BCUT2D eigenvalue weighted by atomic mass is 10.0. The number of hydrogen-bond donors (Lipinski definition) is 1. The van der Waals surface area contributed by atoms with E-state index in [1.54, 1.807) is 13.0 Å². The van der Waals surface area contributed by atoms with Gasteiger partial charge in [0.2, 0.25) is 0 Å². The van der Waals surface area contributed by atoms with Gasteiger partial charge in [-0.25, -0.2) is 4.79 Å². The second kappa shape index (κ2) is 5.62. The largest absolute Gasteiger partial charge is 0.461 e. The van der Waals surface area contributed by atoms with Crippen LogP contribution >= 0.6 is 11.6 Å². The van der Waals surface area contributed by atoms with Crippen molar-refractivity contribution in [1.29, 1.82) is 0 Å². The summed E-state index contributed by atoms with van der Waals surface area (Å²) >= 11 is 6.06. The molecule has 0 radical (unpaired) electrons. The van der Waals surface area contributed by atoms with Gasteiger partial charge >= 0.3 is 5.97 Å².